The van der Waals surface area contributed by atoms with Gasteiger partial charge in [-0.25, -0.2) is 14.4 Å². The van der Waals surface area contributed by atoms with Crippen molar-refractivity contribution in [3.63, 3.8) is 0 Å². The molecule has 1 saturated heterocycles. The standard InChI is InChI=1S/C66H60N2O12/c1-45(2)39-79-66(73)68-37-55(67-63(70)51-31-33-53(34-32-51)74-40-46-19-8-3-9-20-46)59(38-68)80-64(71)52-35-57(76-42-48-23-12-5-13-24-48)61(58(36-52)77-43-49-25-14-6-15-26-49)62(69)60-54(65(72)78-44-50-27-16-7-17-28-50)29-18-30-56(60)75-41-47-21-10-4-11-22-47/h3-36,45,55,59H,37-44H2,1-2H3,(H,67,70)/t55-,59-/m1/s1. The molecule has 0 spiro atoms. The highest BCUT2D eigenvalue weighted by Crippen LogP contribution is 2.38. The van der Waals surface area contributed by atoms with Crippen molar-refractivity contribution in [2.75, 3.05) is 19.7 Å². The monoisotopic (exact) mass is 1070 g/mol. The van der Waals surface area contributed by atoms with Crippen molar-refractivity contribution in [3.05, 3.63) is 262 Å². The van der Waals surface area contributed by atoms with Crippen molar-refractivity contribution >= 4 is 29.7 Å². The van der Waals surface area contributed by atoms with Crippen molar-refractivity contribution in [1.82, 2.24) is 10.2 Å². The summed E-state index contributed by atoms with van der Waals surface area (Å²) in [7, 11) is 0. The van der Waals surface area contributed by atoms with E-state index >= 15 is 4.79 Å². The number of benzene rings is 8. The molecule has 0 unspecified atom stereocenters. The maximum Gasteiger partial charge on any atom is 0.409 e. The summed E-state index contributed by atoms with van der Waals surface area (Å²) in [6.45, 7) is 4.03. The molecule has 14 heteroatoms. The molecule has 406 valence electrons. The lowest BCUT2D eigenvalue weighted by Crippen LogP contribution is -2.44. The fourth-order valence-electron chi connectivity index (χ4n) is 8.76. The molecule has 0 saturated carbocycles. The van der Waals surface area contributed by atoms with E-state index in [9.17, 15) is 19.2 Å². The Morgan fingerprint density at radius 1 is 0.475 bits per heavy atom. The van der Waals surface area contributed by atoms with Crippen LogP contribution in [0.25, 0.3) is 0 Å². The van der Waals surface area contributed by atoms with E-state index in [-0.39, 0.29) is 91.5 Å². The van der Waals surface area contributed by atoms with Gasteiger partial charge in [-0.15, -0.1) is 0 Å². The Balaban J connectivity index is 1.07. The van der Waals surface area contributed by atoms with Gasteiger partial charge in [-0.2, -0.15) is 0 Å². The fourth-order valence-corrected chi connectivity index (χ4v) is 8.76. The molecule has 1 fully saturated rings. The average Bonchev–Trinajstić information content (AvgIpc) is 3.92. The van der Waals surface area contributed by atoms with Gasteiger partial charge in [0.1, 0.15) is 67.7 Å². The zero-order valence-electron chi connectivity index (χ0n) is 44.4. The molecular weight excluding hydrogens is 1010 g/mol. The first kappa shape index (κ1) is 55.1. The van der Waals surface area contributed by atoms with Crippen LogP contribution in [0.15, 0.2) is 206 Å². The summed E-state index contributed by atoms with van der Waals surface area (Å²) in [4.78, 5) is 73.7. The van der Waals surface area contributed by atoms with Crippen LogP contribution in [-0.4, -0.2) is 66.5 Å². The Morgan fingerprint density at radius 2 is 0.950 bits per heavy atom. The van der Waals surface area contributed by atoms with Gasteiger partial charge in [0, 0.05) is 12.1 Å². The first-order valence-corrected chi connectivity index (χ1v) is 26.3. The molecule has 8 aromatic carbocycles. The second-order valence-corrected chi connectivity index (χ2v) is 19.4. The highest BCUT2D eigenvalue weighted by molar-refractivity contribution is 6.19. The molecule has 0 aliphatic carbocycles. The summed E-state index contributed by atoms with van der Waals surface area (Å²) in [5.74, 6) is -2.33. The Bertz CT molecular complexity index is 3300. The molecule has 1 heterocycles. The van der Waals surface area contributed by atoms with E-state index in [4.69, 9.17) is 33.2 Å². The minimum absolute atomic E-state index is 0.0366. The van der Waals surface area contributed by atoms with E-state index in [1.165, 1.54) is 23.1 Å². The van der Waals surface area contributed by atoms with Crippen molar-refractivity contribution in [2.45, 2.75) is 59.0 Å². The third-order valence-electron chi connectivity index (χ3n) is 12.9. The molecule has 2 amide bonds. The third kappa shape index (κ3) is 14.9. The van der Waals surface area contributed by atoms with Gasteiger partial charge in [-0.05, 0) is 82.3 Å². The van der Waals surface area contributed by atoms with Crippen LogP contribution in [0, 0.1) is 5.92 Å². The fraction of sp³-hybridized carbons (Fsp3) is 0.197. The number of carbonyl (C=O) groups excluding carboxylic acids is 5. The third-order valence-corrected chi connectivity index (χ3v) is 12.9. The lowest BCUT2D eigenvalue weighted by Gasteiger charge is -2.22. The van der Waals surface area contributed by atoms with E-state index in [1.807, 2.05) is 166 Å². The van der Waals surface area contributed by atoms with E-state index in [0.29, 0.717) is 17.9 Å². The van der Waals surface area contributed by atoms with Gasteiger partial charge in [-0.1, -0.05) is 172 Å². The van der Waals surface area contributed by atoms with Crippen LogP contribution in [0.4, 0.5) is 4.79 Å². The van der Waals surface area contributed by atoms with Crippen LogP contribution < -0.4 is 24.3 Å². The number of rotatable bonds is 23. The minimum atomic E-state index is -1.08. The van der Waals surface area contributed by atoms with Gasteiger partial charge in [0.25, 0.3) is 5.91 Å². The molecule has 2 atom stereocenters. The van der Waals surface area contributed by atoms with Crippen LogP contribution in [0.2, 0.25) is 0 Å². The van der Waals surface area contributed by atoms with Gasteiger partial charge < -0.3 is 43.4 Å². The Labute approximate surface area is 464 Å². The molecular formula is C66H60N2O12. The van der Waals surface area contributed by atoms with Crippen molar-refractivity contribution in [3.8, 4) is 23.0 Å². The summed E-state index contributed by atoms with van der Waals surface area (Å²) in [6, 6.07) is 59.9. The first-order valence-electron chi connectivity index (χ1n) is 26.3. The molecule has 80 heavy (non-hydrogen) atoms. The van der Waals surface area contributed by atoms with Crippen LogP contribution in [0.3, 0.4) is 0 Å². The van der Waals surface area contributed by atoms with Crippen molar-refractivity contribution in [1.29, 1.82) is 0 Å². The number of hydrogen-bond donors (Lipinski definition) is 1. The number of amides is 2. The second-order valence-electron chi connectivity index (χ2n) is 19.4. The number of nitrogens with zero attached hydrogens (tertiary/aromatic N) is 1. The van der Waals surface area contributed by atoms with E-state index in [1.54, 1.807) is 36.4 Å². The van der Waals surface area contributed by atoms with Gasteiger partial charge >= 0.3 is 18.0 Å². The van der Waals surface area contributed by atoms with Gasteiger partial charge in [-0.3, -0.25) is 9.59 Å². The zero-order chi connectivity index (χ0) is 55.6. The number of ketones is 1. The summed E-state index contributed by atoms with van der Waals surface area (Å²) in [5, 5.41) is 2.98. The van der Waals surface area contributed by atoms with Crippen LogP contribution in [0.1, 0.15) is 88.7 Å². The second kappa shape index (κ2) is 27.1. The topological polar surface area (TPSA) is 165 Å². The predicted molar refractivity (Wildman–Crippen MR) is 300 cm³/mol. The molecule has 0 bridgehead atoms. The number of esters is 2. The zero-order valence-corrected chi connectivity index (χ0v) is 44.4. The SMILES string of the molecule is CC(C)COC(=O)N1C[C@@H](NC(=O)c2ccc(OCc3ccccc3)cc2)[C@H](OC(=O)c2cc(OCc3ccccc3)c(C(=O)c3c(OCc4ccccc4)cccc3C(=O)OCc3ccccc3)c(OCc3ccccc3)c2)C1. The van der Waals surface area contributed by atoms with E-state index in [0.717, 1.165) is 27.8 Å². The number of hydrogen-bond acceptors (Lipinski definition) is 12. The highest BCUT2D eigenvalue weighted by atomic mass is 16.6. The highest BCUT2D eigenvalue weighted by Gasteiger charge is 2.40. The molecule has 14 nitrogen and oxygen atoms in total. The molecule has 0 radical (unpaired) electrons. The number of likely N-dealkylation sites (tertiary alicyclic amines) is 1. The maximum absolute atomic E-state index is 15.8. The Kier molecular flexibility index (Phi) is 18.6. The molecule has 1 aliphatic rings. The lowest BCUT2D eigenvalue weighted by molar-refractivity contribution is 0.0259. The van der Waals surface area contributed by atoms with Crippen LogP contribution in [-0.2, 0) is 47.2 Å². The maximum atomic E-state index is 15.8. The first-order chi connectivity index (χ1) is 39.0. The summed E-state index contributed by atoms with van der Waals surface area (Å²) < 4.78 is 43.1. The number of nitrogens with one attached hydrogen (secondary N) is 1. The smallest absolute Gasteiger partial charge is 0.409 e. The van der Waals surface area contributed by atoms with Crippen LogP contribution in [0.5, 0.6) is 23.0 Å². The minimum Gasteiger partial charge on any atom is -0.489 e. The Hall–Kier alpha value is -9.69. The molecule has 8 aromatic rings. The summed E-state index contributed by atoms with van der Waals surface area (Å²) >= 11 is 0. The lowest BCUT2D eigenvalue weighted by atomic mass is 9.94. The summed E-state index contributed by atoms with van der Waals surface area (Å²) in [6.07, 6.45) is -1.71. The molecule has 1 N–H and O–H groups in total. The van der Waals surface area contributed by atoms with Gasteiger partial charge in [0.2, 0.25) is 5.78 Å². The van der Waals surface area contributed by atoms with Gasteiger partial charge in [0.15, 0.2) is 0 Å². The molecule has 1 aliphatic heterocycles. The number of carbonyl (C=O) groups is 5. The molecule has 0 aromatic heterocycles. The Morgan fingerprint density at radius 3 is 1.45 bits per heavy atom. The van der Waals surface area contributed by atoms with Crippen molar-refractivity contribution in [2.24, 2.45) is 5.92 Å². The average molecular weight is 1070 g/mol. The largest absolute Gasteiger partial charge is 0.489 e. The quantitative estimate of drug-likeness (QED) is 0.0367. The predicted octanol–water partition coefficient (Wildman–Crippen LogP) is 12.0. The van der Waals surface area contributed by atoms with E-state index in [2.05, 4.69) is 5.32 Å². The number of ether oxygens (including phenoxy) is 7. The van der Waals surface area contributed by atoms with Crippen LogP contribution >= 0.6 is 0 Å². The summed E-state index contributed by atoms with van der Waals surface area (Å²) in [5.41, 5.74) is 3.91. The normalized spacial score (nSPS) is 13.7. The van der Waals surface area contributed by atoms with Gasteiger partial charge in [0.05, 0.1) is 35.9 Å². The van der Waals surface area contributed by atoms with E-state index < -0.39 is 41.9 Å². The molecule has 9 rings (SSSR count). The van der Waals surface area contributed by atoms with Crippen molar-refractivity contribution < 1.29 is 57.1 Å².